The van der Waals surface area contributed by atoms with E-state index in [1.54, 1.807) is 12.3 Å². The number of para-hydroxylation sites is 1. The molecular weight excluding hydrogens is 276 g/mol. The van der Waals surface area contributed by atoms with E-state index >= 15 is 0 Å². The van der Waals surface area contributed by atoms with E-state index in [0.29, 0.717) is 12.1 Å². The molecule has 1 amide bonds. The quantitative estimate of drug-likeness (QED) is 0.676. The molecule has 2 heterocycles. The van der Waals surface area contributed by atoms with Gasteiger partial charge in [-0.25, -0.2) is 0 Å². The van der Waals surface area contributed by atoms with E-state index in [9.17, 15) is 4.79 Å². The van der Waals surface area contributed by atoms with Crippen molar-refractivity contribution < 1.29 is 4.79 Å². The number of primary amides is 1. The first-order chi connectivity index (χ1) is 10.7. The van der Waals surface area contributed by atoms with Crippen LogP contribution in [0.5, 0.6) is 0 Å². The highest BCUT2D eigenvalue weighted by Gasteiger charge is 2.10. The van der Waals surface area contributed by atoms with Gasteiger partial charge in [-0.2, -0.15) is 0 Å². The zero-order chi connectivity index (χ0) is 15.5. The third-order valence-corrected chi connectivity index (χ3v) is 3.80. The molecule has 0 bridgehead atoms. The number of aromatic amines is 1. The Hall–Kier alpha value is -2.82. The molecule has 2 aromatic heterocycles. The molecule has 0 saturated heterocycles. The molecule has 0 aliphatic carbocycles. The number of nitrogens with one attached hydrogen (secondary N) is 2. The van der Waals surface area contributed by atoms with Crippen molar-refractivity contribution in [2.24, 2.45) is 5.73 Å². The molecule has 0 saturated carbocycles. The van der Waals surface area contributed by atoms with Gasteiger partial charge in [0, 0.05) is 35.5 Å². The normalized spacial score (nSPS) is 10.8. The summed E-state index contributed by atoms with van der Waals surface area (Å²) in [5.74, 6) is -0.473. The minimum Gasteiger partial charge on any atom is -0.384 e. The lowest BCUT2D eigenvalue weighted by molar-refractivity contribution is 0.100. The maximum atomic E-state index is 11.4. The zero-order valence-electron chi connectivity index (χ0n) is 12.4. The molecular formula is C17H18N4O. The van der Waals surface area contributed by atoms with Crippen LogP contribution >= 0.6 is 0 Å². The molecule has 1 aromatic carbocycles. The van der Waals surface area contributed by atoms with Crippen molar-refractivity contribution in [2.75, 3.05) is 11.9 Å². The Morgan fingerprint density at radius 3 is 2.95 bits per heavy atom. The first kappa shape index (κ1) is 14.1. The molecule has 0 spiro atoms. The lowest BCUT2D eigenvalue weighted by Crippen LogP contribution is -2.16. The van der Waals surface area contributed by atoms with Crippen LogP contribution in [0.3, 0.4) is 0 Å². The maximum absolute atomic E-state index is 11.4. The van der Waals surface area contributed by atoms with E-state index in [0.717, 1.165) is 17.6 Å². The number of aryl methyl sites for hydroxylation is 1. The van der Waals surface area contributed by atoms with Gasteiger partial charge in [0.15, 0.2) is 0 Å². The lowest BCUT2D eigenvalue weighted by Gasteiger charge is -2.09. The number of hydrogen-bond donors (Lipinski definition) is 3. The smallest absolute Gasteiger partial charge is 0.252 e. The van der Waals surface area contributed by atoms with Gasteiger partial charge < -0.3 is 16.0 Å². The highest BCUT2D eigenvalue weighted by molar-refractivity contribution is 5.98. The number of carbonyl (C=O) groups excluding carboxylic acids is 1. The number of carbonyl (C=O) groups is 1. The van der Waals surface area contributed by atoms with Crippen LogP contribution in [0.4, 0.5) is 5.69 Å². The summed E-state index contributed by atoms with van der Waals surface area (Å²) >= 11 is 0. The third kappa shape index (κ3) is 2.65. The molecule has 112 valence electrons. The Labute approximate surface area is 128 Å². The number of hydrogen-bond acceptors (Lipinski definition) is 3. The topological polar surface area (TPSA) is 83.8 Å². The second kappa shape index (κ2) is 5.89. The van der Waals surface area contributed by atoms with Crippen molar-refractivity contribution in [3.63, 3.8) is 0 Å². The van der Waals surface area contributed by atoms with Crippen LogP contribution in [0.25, 0.3) is 10.9 Å². The fourth-order valence-corrected chi connectivity index (χ4v) is 2.72. The largest absolute Gasteiger partial charge is 0.384 e. The van der Waals surface area contributed by atoms with E-state index in [1.165, 1.54) is 22.8 Å². The van der Waals surface area contributed by atoms with Crippen molar-refractivity contribution in [1.82, 2.24) is 9.97 Å². The molecule has 5 nitrogen and oxygen atoms in total. The molecule has 0 fully saturated rings. The summed E-state index contributed by atoms with van der Waals surface area (Å²) in [5.41, 5.74) is 10.1. The van der Waals surface area contributed by atoms with Crippen molar-refractivity contribution in [3.05, 3.63) is 59.5 Å². The average molecular weight is 294 g/mol. The first-order valence-corrected chi connectivity index (χ1v) is 7.20. The number of fused-ring (bicyclic) bond motifs is 1. The van der Waals surface area contributed by atoms with E-state index in [1.807, 2.05) is 12.1 Å². The van der Waals surface area contributed by atoms with Gasteiger partial charge in [-0.3, -0.25) is 9.78 Å². The average Bonchev–Trinajstić information content (AvgIpc) is 2.83. The summed E-state index contributed by atoms with van der Waals surface area (Å²) in [6, 6.07) is 10.0. The van der Waals surface area contributed by atoms with E-state index in [-0.39, 0.29) is 0 Å². The molecule has 3 rings (SSSR count). The van der Waals surface area contributed by atoms with Gasteiger partial charge in [0.25, 0.3) is 5.91 Å². The van der Waals surface area contributed by atoms with Crippen LogP contribution in [-0.4, -0.2) is 22.4 Å². The molecule has 0 aliphatic heterocycles. The van der Waals surface area contributed by atoms with E-state index in [4.69, 9.17) is 5.73 Å². The summed E-state index contributed by atoms with van der Waals surface area (Å²) in [4.78, 5) is 18.7. The third-order valence-electron chi connectivity index (χ3n) is 3.80. The van der Waals surface area contributed by atoms with E-state index in [2.05, 4.69) is 34.3 Å². The Kier molecular flexibility index (Phi) is 3.78. The maximum Gasteiger partial charge on any atom is 0.252 e. The summed E-state index contributed by atoms with van der Waals surface area (Å²) in [5, 5.41) is 4.51. The predicted octanol–water partition coefficient (Wildman–Crippen LogP) is 2.62. The van der Waals surface area contributed by atoms with Gasteiger partial charge in [0.1, 0.15) is 0 Å². The predicted molar refractivity (Wildman–Crippen MR) is 88.0 cm³/mol. The summed E-state index contributed by atoms with van der Waals surface area (Å²) in [7, 11) is 0. The molecule has 0 atom stereocenters. The first-order valence-electron chi connectivity index (χ1n) is 7.20. The number of pyridine rings is 1. The SMILES string of the molecule is Cc1[nH]c2ccccc2c1CCNc1ccncc1C(N)=O. The fraction of sp³-hybridized carbons (Fsp3) is 0.176. The second-order valence-electron chi connectivity index (χ2n) is 5.24. The van der Waals surface area contributed by atoms with Gasteiger partial charge >= 0.3 is 0 Å². The lowest BCUT2D eigenvalue weighted by atomic mass is 10.1. The van der Waals surface area contributed by atoms with Crippen molar-refractivity contribution in [2.45, 2.75) is 13.3 Å². The Balaban J connectivity index is 1.76. The number of benzene rings is 1. The van der Waals surface area contributed by atoms with Crippen molar-refractivity contribution >= 4 is 22.5 Å². The molecule has 0 aliphatic rings. The molecule has 5 heteroatoms. The number of nitrogens with two attached hydrogens (primary N) is 1. The van der Waals surface area contributed by atoms with Crippen LogP contribution in [0.2, 0.25) is 0 Å². The fourth-order valence-electron chi connectivity index (χ4n) is 2.72. The Bertz CT molecular complexity index is 822. The number of amides is 1. The zero-order valence-corrected chi connectivity index (χ0v) is 12.4. The number of nitrogens with zero attached hydrogens (tertiary/aromatic N) is 1. The van der Waals surface area contributed by atoms with Gasteiger partial charge in [0.2, 0.25) is 0 Å². The molecule has 4 N–H and O–H groups in total. The van der Waals surface area contributed by atoms with Gasteiger partial charge in [0.05, 0.1) is 11.3 Å². The number of H-pyrrole nitrogens is 1. The van der Waals surface area contributed by atoms with Gasteiger partial charge in [-0.15, -0.1) is 0 Å². The molecule has 0 unspecified atom stereocenters. The van der Waals surface area contributed by atoms with Crippen LogP contribution in [-0.2, 0) is 6.42 Å². The highest BCUT2D eigenvalue weighted by atomic mass is 16.1. The van der Waals surface area contributed by atoms with E-state index < -0.39 is 5.91 Å². The Morgan fingerprint density at radius 2 is 2.14 bits per heavy atom. The molecule has 3 aromatic rings. The summed E-state index contributed by atoms with van der Waals surface area (Å²) < 4.78 is 0. The van der Waals surface area contributed by atoms with Gasteiger partial charge in [-0.1, -0.05) is 18.2 Å². The van der Waals surface area contributed by atoms with Crippen molar-refractivity contribution in [3.8, 4) is 0 Å². The standard InChI is InChI=1S/C17H18N4O/c1-11-12(13-4-2-3-5-16(13)21-11)6-9-20-15-7-8-19-10-14(15)17(18)22/h2-5,7-8,10,21H,6,9H2,1H3,(H2,18,22)(H,19,20). The summed E-state index contributed by atoms with van der Waals surface area (Å²) in [6.07, 6.45) is 3.99. The van der Waals surface area contributed by atoms with Gasteiger partial charge in [-0.05, 0) is 31.0 Å². The monoisotopic (exact) mass is 294 g/mol. The van der Waals surface area contributed by atoms with Crippen LogP contribution in [0, 0.1) is 6.92 Å². The number of anilines is 1. The Morgan fingerprint density at radius 1 is 1.32 bits per heavy atom. The molecule has 0 radical (unpaired) electrons. The van der Waals surface area contributed by atoms with Crippen LogP contribution < -0.4 is 11.1 Å². The minimum atomic E-state index is -0.473. The number of rotatable bonds is 5. The van der Waals surface area contributed by atoms with Crippen molar-refractivity contribution in [1.29, 1.82) is 0 Å². The molecule has 22 heavy (non-hydrogen) atoms. The minimum absolute atomic E-state index is 0.415. The summed E-state index contributed by atoms with van der Waals surface area (Å²) in [6.45, 7) is 2.80. The highest BCUT2D eigenvalue weighted by Crippen LogP contribution is 2.22. The number of aromatic nitrogens is 2. The van der Waals surface area contributed by atoms with Crippen LogP contribution in [0.1, 0.15) is 21.6 Å². The van der Waals surface area contributed by atoms with Crippen LogP contribution in [0.15, 0.2) is 42.7 Å². The second-order valence-corrected chi connectivity index (χ2v) is 5.24.